The lowest BCUT2D eigenvalue weighted by Crippen LogP contribution is -2.46. The number of amides is 2. The van der Waals surface area contributed by atoms with Crippen LogP contribution in [0.4, 0.5) is 4.39 Å². The maximum Gasteiger partial charge on any atom is 0.251 e. The minimum absolute atomic E-state index is 0.0234. The van der Waals surface area contributed by atoms with Crippen molar-refractivity contribution in [3.8, 4) is 5.75 Å². The average molecular weight is 398 g/mol. The van der Waals surface area contributed by atoms with E-state index in [1.807, 2.05) is 36.1 Å². The number of aryl methyl sites for hydroxylation is 1. The Bertz CT molecular complexity index is 830. The normalized spacial score (nSPS) is 14.5. The van der Waals surface area contributed by atoms with E-state index in [9.17, 15) is 14.0 Å². The topological polar surface area (TPSA) is 58.6 Å². The van der Waals surface area contributed by atoms with Crippen molar-refractivity contribution in [1.82, 2.24) is 10.2 Å². The van der Waals surface area contributed by atoms with Crippen LogP contribution in [0.25, 0.3) is 0 Å². The first-order chi connectivity index (χ1) is 14.1. The van der Waals surface area contributed by atoms with Crippen molar-refractivity contribution in [2.45, 2.75) is 38.6 Å². The molecule has 154 valence electrons. The SMILES string of the molecule is CCOc1ccccc1CCC(=O)N1CCC(NC(=O)c2ccc(F)cc2)CC1. The Hall–Kier alpha value is -2.89. The number of carbonyl (C=O) groups is 2. The Morgan fingerprint density at radius 3 is 2.48 bits per heavy atom. The highest BCUT2D eigenvalue weighted by Crippen LogP contribution is 2.20. The first-order valence-electron chi connectivity index (χ1n) is 10.1. The Kier molecular flexibility index (Phi) is 7.22. The smallest absolute Gasteiger partial charge is 0.251 e. The minimum atomic E-state index is -0.364. The van der Waals surface area contributed by atoms with E-state index in [1.54, 1.807) is 0 Å². The Balaban J connectivity index is 1.45. The number of halogens is 1. The molecule has 0 aliphatic carbocycles. The van der Waals surface area contributed by atoms with Crippen molar-refractivity contribution in [1.29, 1.82) is 0 Å². The zero-order valence-corrected chi connectivity index (χ0v) is 16.7. The largest absolute Gasteiger partial charge is 0.494 e. The summed E-state index contributed by atoms with van der Waals surface area (Å²) < 4.78 is 18.6. The lowest BCUT2D eigenvalue weighted by atomic mass is 10.0. The van der Waals surface area contributed by atoms with Crippen LogP contribution in [0.15, 0.2) is 48.5 Å². The standard InChI is InChI=1S/C23H27FN2O3/c1-2-29-21-6-4-3-5-17(21)9-12-22(27)26-15-13-20(14-16-26)25-23(28)18-7-10-19(24)11-8-18/h3-8,10-11,20H,2,9,12-16H2,1H3,(H,25,28). The molecule has 0 atom stereocenters. The molecule has 1 N–H and O–H groups in total. The molecule has 0 saturated carbocycles. The van der Waals surface area contributed by atoms with Gasteiger partial charge in [0.2, 0.25) is 5.91 Å². The predicted octanol–water partition coefficient (Wildman–Crippen LogP) is 3.58. The number of para-hydroxylation sites is 1. The fourth-order valence-corrected chi connectivity index (χ4v) is 3.55. The van der Waals surface area contributed by atoms with Crippen molar-refractivity contribution in [3.63, 3.8) is 0 Å². The molecule has 2 amide bonds. The van der Waals surface area contributed by atoms with Crippen LogP contribution in [-0.4, -0.2) is 42.5 Å². The molecule has 2 aromatic carbocycles. The summed E-state index contributed by atoms with van der Waals surface area (Å²) in [6.45, 7) is 3.80. The summed E-state index contributed by atoms with van der Waals surface area (Å²) >= 11 is 0. The van der Waals surface area contributed by atoms with Gasteiger partial charge in [0.15, 0.2) is 0 Å². The molecule has 1 fully saturated rings. The number of carbonyl (C=O) groups excluding carboxylic acids is 2. The molecule has 29 heavy (non-hydrogen) atoms. The molecule has 0 bridgehead atoms. The second kappa shape index (κ2) is 10.0. The van der Waals surface area contributed by atoms with Gasteiger partial charge in [0.25, 0.3) is 5.91 Å². The summed E-state index contributed by atoms with van der Waals surface area (Å²) in [6, 6.07) is 13.3. The highest BCUT2D eigenvalue weighted by atomic mass is 19.1. The van der Waals surface area contributed by atoms with Gasteiger partial charge in [0, 0.05) is 31.1 Å². The highest BCUT2D eigenvalue weighted by molar-refractivity contribution is 5.94. The number of rotatable bonds is 7. The highest BCUT2D eigenvalue weighted by Gasteiger charge is 2.24. The van der Waals surface area contributed by atoms with Gasteiger partial charge in [-0.05, 0) is 62.1 Å². The summed E-state index contributed by atoms with van der Waals surface area (Å²) in [7, 11) is 0. The van der Waals surface area contributed by atoms with E-state index in [4.69, 9.17) is 4.74 Å². The minimum Gasteiger partial charge on any atom is -0.494 e. The lowest BCUT2D eigenvalue weighted by molar-refractivity contribution is -0.132. The fraction of sp³-hybridized carbons (Fsp3) is 0.391. The second-order valence-corrected chi connectivity index (χ2v) is 7.18. The first-order valence-corrected chi connectivity index (χ1v) is 10.1. The maximum atomic E-state index is 13.0. The van der Waals surface area contributed by atoms with Gasteiger partial charge in [-0.1, -0.05) is 18.2 Å². The summed E-state index contributed by atoms with van der Waals surface area (Å²) in [5, 5.41) is 2.98. The Morgan fingerprint density at radius 2 is 1.79 bits per heavy atom. The van der Waals surface area contributed by atoms with Gasteiger partial charge in [0.05, 0.1) is 6.61 Å². The second-order valence-electron chi connectivity index (χ2n) is 7.18. The molecule has 1 aliphatic rings. The third kappa shape index (κ3) is 5.79. The summed E-state index contributed by atoms with van der Waals surface area (Å²) in [5.74, 6) is 0.393. The molecule has 5 nitrogen and oxygen atoms in total. The zero-order chi connectivity index (χ0) is 20.6. The van der Waals surface area contributed by atoms with Gasteiger partial charge in [0.1, 0.15) is 11.6 Å². The molecule has 0 unspecified atom stereocenters. The van der Waals surface area contributed by atoms with Crippen LogP contribution in [-0.2, 0) is 11.2 Å². The molecule has 6 heteroatoms. The van der Waals surface area contributed by atoms with E-state index < -0.39 is 0 Å². The van der Waals surface area contributed by atoms with Gasteiger partial charge >= 0.3 is 0 Å². The van der Waals surface area contributed by atoms with Crippen molar-refractivity contribution < 1.29 is 18.7 Å². The molecular weight excluding hydrogens is 371 g/mol. The Morgan fingerprint density at radius 1 is 1.10 bits per heavy atom. The van der Waals surface area contributed by atoms with Crippen molar-refractivity contribution in [2.75, 3.05) is 19.7 Å². The summed E-state index contributed by atoms with van der Waals surface area (Å²) in [5.41, 5.74) is 1.49. The number of benzene rings is 2. The van der Waals surface area contributed by atoms with Crippen LogP contribution in [0.1, 0.15) is 42.1 Å². The van der Waals surface area contributed by atoms with Crippen molar-refractivity contribution in [3.05, 3.63) is 65.5 Å². The molecule has 3 rings (SSSR count). The number of nitrogens with one attached hydrogen (secondary N) is 1. The summed E-state index contributed by atoms with van der Waals surface area (Å²) in [4.78, 5) is 26.7. The zero-order valence-electron chi connectivity index (χ0n) is 16.7. The van der Waals surface area contributed by atoms with Crippen LogP contribution >= 0.6 is 0 Å². The number of piperidine rings is 1. The quantitative estimate of drug-likeness (QED) is 0.776. The van der Waals surface area contributed by atoms with Gasteiger partial charge < -0.3 is 15.0 Å². The number of likely N-dealkylation sites (tertiary alicyclic amines) is 1. The lowest BCUT2D eigenvalue weighted by Gasteiger charge is -2.32. The Labute approximate surface area is 170 Å². The molecule has 0 radical (unpaired) electrons. The van der Waals surface area contributed by atoms with Crippen molar-refractivity contribution >= 4 is 11.8 Å². The van der Waals surface area contributed by atoms with Crippen LogP contribution in [0.5, 0.6) is 5.75 Å². The van der Waals surface area contributed by atoms with Crippen LogP contribution in [0.3, 0.4) is 0 Å². The van der Waals surface area contributed by atoms with Crippen LogP contribution in [0.2, 0.25) is 0 Å². The van der Waals surface area contributed by atoms with Gasteiger partial charge in [-0.3, -0.25) is 9.59 Å². The fourth-order valence-electron chi connectivity index (χ4n) is 3.55. The van der Waals surface area contributed by atoms with Crippen molar-refractivity contribution in [2.24, 2.45) is 0 Å². The third-order valence-corrected chi connectivity index (χ3v) is 5.17. The van der Waals surface area contributed by atoms with Crippen LogP contribution in [0, 0.1) is 5.82 Å². The van der Waals surface area contributed by atoms with E-state index in [0.717, 1.165) is 11.3 Å². The monoisotopic (exact) mass is 398 g/mol. The van der Waals surface area contributed by atoms with E-state index in [1.165, 1.54) is 24.3 Å². The maximum absolute atomic E-state index is 13.0. The molecular formula is C23H27FN2O3. The molecule has 1 saturated heterocycles. The van der Waals surface area contributed by atoms with E-state index >= 15 is 0 Å². The average Bonchev–Trinajstić information content (AvgIpc) is 2.74. The van der Waals surface area contributed by atoms with Gasteiger partial charge in [-0.2, -0.15) is 0 Å². The summed E-state index contributed by atoms with van der Waals surface area (Å²) in [6.07, 6.45) is 2.52. The predicted molar refractivity (Wildman–Crippen MR) is 109 cm³/mol. The number of ether oxygens (including phenoxy) is 1. The third-order valence-electron chi connectivity index (χ3n) is 5.17. The van der Waals surface area contributed by atoms with Gasteiger partial charge in [-0.15, -0.1) is 0 Å². The molecule has 2 aromatic rings. The molecule has 0 spiro atoms. The van der Waals surface area contributed by atoms with E-state index in [2.05, 4.69) is 5.32 Å². The molecule has 0 aromatic heterocycles. The first kappa shape index (κ1) is 20.8. The number of nitrogens with zero attached hydrogens (tertiary/aromatic N) is 1. The number of hydrogen-bond acceptors (Lipinski definition) is 3. The molecule has 1 aliphatic heterocycles. The van der Waals surface area contributed by atoms with Gasteiger partial charge in [-0.25, -0.2) is 4.39 Å². The van der Waals surface area contributed by atoms with E-state index in [-0.39, 0.29) is 23.7 Å². The van der Waals surface area contributed by atoms with E-state index in [0.29, 0.717) is 50.9 Å². The van der Waals surface area contributed by atoms with Crippen LogP contribution < -0.4 is 10.1 Å². The number of hydrogen-bond donors (Lipinski definition) is 1. The molecule has 1 heterocycles.